The number of hydrogen-bond donors (Lipinski definition) is 1. The molecule has 1 amide bonds. The minimum Gasteiger partial charge on any atom is -0.347 e. The average molecular weight is 367 g/mol. The summed E-state index contributed by atoms with van der Waals surface area (Å²) in [6.07, 6.45) is 3.17. The van der Waals surface area contributed by atoms with Gasteiger partial charge < -0.3 is 9.47 Å². The number of halogens is 1. The van der Waals surface area contributed by atoms with Gasteiger partial charge in [-0.05, 0) is 30.3 Å². The first-order chi connectivity index (χ1) is 12.9. The van der Waals surface area contributed by atoms with E-state index in [4.69, 9.17) is 0 Å². The Bertz CT molecular complexity index is 1070. The van der Waals surface area contributed by atoms with Crippen molar-refractivity contribution in [3.63, 3.8) is 0 Å². The Kier molecular flexibility index (Phi) is 3.92. The van der Waals surface area contributed by atoms with E-state index in [1.807, 2.05) is 0 Å². The maximum absolute atomic E-state index is 13.8. The molecule has 2 aromatic heterocycles. The van der Waals surface area contributed by atoms with Crippen molar-refractivity contribution < 1.29 is 14.4 Å². The number of pyridine rings is 1. The standard InChI is InChI=1S/C19H18FN5O2/c1-23(2)19(26)16-15-13-5-4-12(20)10-14(13)24(3)18(15)22-17(25(16)27)11-6-8-21-9-7-11/h4-10,16,27H,1-3H3. The van der Waals surface area contributed by atoms with Crippen molar-refractivity contribution >= 4 is 28.5 Å². The fourth-order valence-corrected chi connectivity index (χ4v) is 3.40. The zero-order valence-electron chi connectivity index (χ0n) is 15.1. The monoisotopic (exact) mass is 367 g/mol. The number of hydrogen-bond acceptors (Lipinski definition) is 5. The molecular formula is C19H18FN5O2. The molecule has 1 aromatic carbocycles. The average Bonchev–Trinajstić information content (AvgIpc) is 2.93. The quantitative estimate of drug-likeness (QED) is 0.756. The second-order valence-corrected chi connectivity index (χ2v) is 6.61. The van der Waals surface area contributed by atoms with Crippen molar-refractivity contribution in [2.24, 2.45) is 12.0 Å². The van der Waals surface area contributed by atoms with E-state index in [-0.39, 0.29) is 17.6 Å². The van der Waals surface area contributed by atoms with E-state index in [1.165, 1.54) is 17.0 Å². The number of carbonyl (C=O) groups excluding carboxylic acids is 1. The Morgan fingerprint density at radius 1 is 1.22 bits per heavy atom. The van der Waals surface area contributed by atoms with Gasteiger partial charge in [0, 0.05) is 50.0 Å². The molecule has 0 spiro atoms. The molecule has 0 saturated heterocycles. The zero-order valence-corrected chi connectivity index (χ0v) is 15.1. The SMILES string of the molecule is CN(C)C(=O)C1c2c(n(C)c3cc(F)ccc23)N=C(c2ccncc2)N1O. The second kappa shape index (κ2) is 6.17. The summed E-state index contributed by atoms with van der Waals surface area (Å²) in [5, 5.41) is 12.5. The van der Waals surface area contributed by atoms with E-state index >= 15 is 0 Å². The molecule has 4 rings (SSSR count). The molecule has 3 aromatic rings. The van der Waals surface area contributed by atoms with Crippen LogP contribution in [0.4, 0.5) is 10.2 Å². The molecule has 1 atom stereocenters. The first-order valence-electron chi connectivity index (χ1n) is 8.36. The highest BCUT2D eigenvalue weighted by Crippen LogP contribution is 2.42. The van der Waals surface area contributed by atoms with Gasteiger partial charge in [0.05, 0.1) is 5.52 Å². The van der Waals surface area contributed by atoms with Gasteiger partial charge in [-0.2, -0.15) is 0 Å². The van der Waals surface area contributed by atoms with Gasteiger partial charge in [0.2, 0.25) is 0 Å². The Balaban J connectivity index is 2.04. The van der Waals surface area contributed by atoms with Crippen LogP contribution in [0.1, 0.15) is 17.2 Å². The van der Waals surface area contributed by atoms with Crippen molar-refractivity contribution in [3.8, 4) is 0 Å². The van der Waals surface area contributed by atoms with Crippen LogP contribution in [-0.4, -0.2) is 50.6 Å². The number of fused-ring (bicyclic) bond motifs is 3. The minimum absolute atomic E-state index is 0.233. The molecule has 0 fully saturated rings. The highest BCUT2D eigenvalue weighted by Gasteiger charge is 2.39. The molecule has 0 saturated carbocycles. The van der Waals surface area contributed by atoms with Crippen LogP contribution in [0.2, 0.25) is 0 Å². The van der Waals surface area contributed by atoms with Gasteiger partial charge in [0.15, 0.2) is 11.9 Å². The fourth-order valence-electron chi connectivity index (χ4n) is 3.40. The Morgan fingerprint density at radius 2 is 1.93 bits per heavy atom. The summed E-state index contributed by atoms with van der Waals surface area (Å²) < 4.78 is 15.5. The normalized spacial score (nSPS) is 16.3. The number of carbonyl (C=O) groups is 1. The predicted molar refractivity (Wildman–Crippen MR) is 98.4 cm³/mol. The Morgan fingerprint density at radius 3 is 2.59 bits per heavy atom. The third-order valence-electron chi connectivity index (χ3n) is 4.73. The van der Waals surface area contributed by atoms with Crippen LogP contribution in [-0.2, 0) is 11.8 Å². The van der Waals surface area contributed by atoms with E-state index in [0.717, 1.165) is 5.06 Å². The summed E-state index contributed by atoms with van der Waals surface area (Å²) in [7, 11) is 5.01. The highest BCUT2D eigenvalue weighted by atomic mass is 19.1. The first kappa shape index (κ1) is 17.2. The minimum atomic E-state index is -0.996. The maximum Gasteiger partial charge on any atom is 0.252 e. The molecule has 0 aliphatic carbocycles. The van der Waals surface area contributed by atoms with Crippen molar-refractivity contribution in [2.75, 3.05) is 14.1 Å². The Labute approximate surface area is 154 Å². The third-order valence-corrected chi connectivity index (χ3v) is 4.73. The number of rotatable bonds is 2. The largest absolute Gasteiger partial charge is 0.347 e. The fraction of sp³-hybridized carbons (Fsp3) is 0.211. The Hall–Kier alpha value is -3.26. The second-order valence-electron chi connectivity index (χ2n) is 6.61. The molecule has 3 heterocycles. The van der Waals surface area contributed by atoms with Crippen molar-refractivity contribution in [1.29, 1.82) is 0 Å². The first-order valence-corrected chi connectivity index (χ1v) is 8.36. The molecule has 27 heavy (non-hydrogen) atoms. The van der Waals surface area contributed by atoms with Gasteiger partial charge in [-0.25, -0.2) is 14.4 Å². The van der Waals surface area contributed by atoms with Gasteiger partial charge in [0.1, 0.15) is 11.6 Å². The van der Waals surface area contributed by atoms with Gasteiger partial charge >= 0.3 is 0 Å². The van der Waals surface area contributed by atoms with Crippen LogP contribution in [0.5, 0.6) is 0 Å². The third kappa shape index (κ3) is 2.57. The predicted octanol–water partition coefficient (Wildman–Crippen LogP) is 2.62. The number of amidine groups is 1. The summed E-state index contributed by atoms with van der Waals surface area (Å²) in [5.41, 5.74) is 1.77. The maximum atomic E-state index is 13.8. The molecule has 1 aliphatic rings. The summed E-state index contributed by atoms with van der Waals surface area (Å²) in [6.45, 7) is 0. The van der Waals surface area contributed by atoms with Crippen LogP contribution in [0.3, 0.4) is 0 Å². The molecule has 1 unspecified atom stereocenters. The lowest BCUT2D eigenvalue weighted by Crippen LogP contribution is -2.43. The van der Waals surface area contributed by atoms with Crippen LogP contribution in [0.25, 0.3) is 10.9 Å². The number of likely N-dealkylation sites (N-methyl/N-ethyl adjacent to an activating group) is 1. The van der Waals surface area contributed by atoms with E-state index in [0.29, 0.717) is 27.8 Å². The smallest absolute Gasteiger partial charge is 0.252 e. The van der Waals surface area contributed by atoms with E-state index in [2.05, 4.69) is 9.98 Å². The van der Waals surface area contributed by atoms with Gasteiger partial charge in [-0.15, -0.1) is 0 Å². The van der Waals surface area contributed by atoms with Crippen molar-refractivity contribution in [2.45, 2.75) is 6.04 Å². The summed E-state index contributed by atoms with van der Waals surface area (Å²) in [6, 6.07) is 6.75. The van der Waals surface area contributed by atoms with E-state index in [1.54, 1.807) is 56.3 Å². The lowest BCUT2D eigenvalue weighted by atomic mass is 10.0. The number of benzene rings is 1. The van der Waals surface area contributed by atoms with Crippen molar-refractivity contribution in [1.82, 2.24) is 19.5 Å². The van der Waals surface area contributed by atoms with Gasteiger partial charge in [-0.1, -0.05) is 0 Å². The number of aromatic nitrogens is 2. The number of aryl methyl sites for hydroxylation is 1. The number of aliphatic imine (C=N–C) groups is 1. The molecule has 7 nitrogen and oxygen atoms in total. The van der Waals surface area contributed by atoms with E-state index < -0.39 is 6.04 Å². The van der Waals surface area contributed by atoms with Crippen LogP contribution < -0.4 is 0 Å². The molecule has 138 valence electrons. The number of amides is 1. The molecular weight excluding hydrogens is 349 g/mol. The molecule has 0 radical (unpaired) electrons. The summed E-state index contributed by atoms with van der Waals surface area (Å²) >= 11 is 0. The summed E-state index contributed by atoms with van der Waals surface area (Å²) in [4.78, 5) is 22.9. The lowest BCUT2D eigenvalue weighted by Gasteiger charge is -2.33. The van der Waals surface area contributed by atoms with Crippen LogP contribution >= 0.6 is 0 Å². The topological polar surface area (TPSA) is 74.0 Å². The van der Waals surface area contributed by atoms with Crippen LogP contribution in [0.15, 0.2) is 47.7 Å². The zero-order chi connectivity index (χ0) is 19.3. The van der Waals surface area contributed by atoms with Crippen molar-refractivity contribution in [3.05, 3.63) is 59.7 Å². The number of nitrogens with zero attached hydrogens (tertiary/aromatic N) is 5. The molecule has 1 aliphatic heterocycles. The molecule has 8 heteroatoms. The van der Waals surface area contributed by atoms with E-state index in [9.17, 15) is 14.4 Å². The molecule has 1 N–H and O–H groups in total. The summed E-state index contributed by atoms with van der Waals surface area (Å²) in [5.74, 6) is 0.0524. The van der Waals surface area contributed by atoms with Gasteiger partial charge in [0.25, 0.3) is 5.91 Å². The van der Waals surface area contributed by atoms with Crippen LogP contribution in [0, 0.1) is 5.82 Å². The number of hydroxylamine groups is 2. The van der Waals surface area contributed by atoms with Gasteiger partial charge in [-0.3, -0.25) is 15.0 Å². The highest BCUT2D eigenvalue weighted by molar-refractivity contribution is 6.07. The lowest BCUT2D eigenvalue weighted by molar-refractivity contribution is -0.145. The molecule has 0 bridgehead atoms.